The quantitative estimate of drug-likeness (QED) is 0.757. The van der Waals surface area contributed by atoms with Gasteiger partial charge in [0.25, 0.3) is 0 Å². The molecule has 0 bridgehead atoms. The fourth-order valence-corrected chi connectivity index (χ4v) is 2.07. The number of nitrogens with one attached hydrogen (secondary N) is 1. The van der Waals surface area contributed by atoms with Crippen molar-refractivity contribution in [2.75, 3.05) is 11.0 Å². The van der Waals surface area contributed by atoms with Crippen molar-refractivity contribution in [1.29, 1.82) is 0 Å². The molecule has 0 radical (unpaired) electrons. The van der Waals surface area contributed by atoms with Gasteiger partial charge in [-0.1, -0.05) is 11.3 Å². The molecule has 14 heavy (non-hydrogen) atoms. The van der Waals surface area contributed by atoms with Gasteiger partial charge in [-0.25, -0.2) is 14.0 Å². The number of nitrogens with zero attached hydrogens (tertiary/aromatic N) is 1. The molecule has 1 aromatic heterocycles. The molecular formula is C7H8N2O3S2. The first-order valence-electron chi connectivity index (χ1n) is 3.55. The molecule has 1 heterocycles. The number of aliphatic carboxylic acids is 1. The maximum atomic E-state index is 10.7. The van der Waals surface area contributed by atoms with E-state index in [1.54, 1.807) is 0 Å². The van der Waals surface area contributed by atoms with Crippen molar-refractivity contribution in [3.8, 4) is 0 Å². The molecule has 0 aliphatic heterocycles. The van der Waals surface area contributed by atoms with Crippen LogP contribution in [0.1, 0.15) is 4.88 Å². The standard InChI is InChI=1S/C7H8N2O3S2/c1-14(12)9-7-8-4-5(13-7)2-3-6(10)11/h2-4H,1H3,(H,8,9)(H,10,11)/b3-2+. The second-order valence-electron chi connectivity index (χ2n) is 2.30. The van der Waals surface area contributed by atoms with Gasteiger partial charge in [0.15, 0.2) is 5.13 Å². The third kappa shape index (κ3) is 3.67. The molecule has 0 amide bonds. The Hall–Kier alpha value is -1.21. The highest BCUT2D eigenvalue weighted by molar-refractivity contribution is 7.85. The van der Waals surface area contributed by atoms with Gasteiger partial charge in [0.05, 0.1) is 0 Å². The summed E-state index contributed by atoms with van der Waals surface area (Å²) in [5.74, 6) is -1.01. The lowest BCUT2D eigenvalue weighted by Gasteiger charge is -1.92. The summed E-state index contributed by atoms with van der Waals surface area (Å²) < 4.78 is 13.4. The molecule has 0 aliphatic carbocycles. The lowest BCUT2D eigenvalue weighted by atomic mass is 10.4. The minimum Gasteiger partial charge on any atom is -0.478 e. The predicted octanol–water partition coefficient (Wildman–Crippen LogP) is 0.946. The summed E-state index contributed by atoms with van der Waals surface area (Å²) in [6, 6.07) is 0. The van der Waals surface area contributed by atoms with Crippen LogP contribution in [0, 0.1) is 0 Å². The third-order valence-electron chi connectivity index (χ3n) is 1.14. The summed E-state index contributed by atoms with van der Waals surface area (Å²) in [5.41, 5.74) is 0. The molecule has 0 spiro atoms. The zero-order valence-electron chi connectivity index (χ0n) is 7.26. The fourth-order valence-electron chi connectivity index (χ4n) is 0.687. The number of hydrogen-bond acceptors (Lipinski definition) is 4. The van der Waals surface area contributed by atoms with Crippen molar-refractivity contribution in [3.05, 3.63) is 17.2 Å². The van der Waals surface area contributed by atoms with Gasteiger partial charge in [0, 0.05) is 23.4 Å². The van der Waals surface area contributed by atoms with Crippen molar-refractivity contribution in [2.24, 2.45) is 0 Å². The topological polar surface area (TPSA) is 79.3 Å². The van der Waals surface area contributed by atoms with Crippen molar-refractivity contribution < 1.29 is 14.1 Å². The number of carbonyl (C=O) groups is 1. The molecule has 0 saturated heterocycles. The van der Waals surface area contributed by atoms with Crippen LogP contribution in [0.25, 0.3) is 6.08 Å². The van der Waals surface area contributed by atoms with Crippen LogP contribution in [-0.4, -0.2) is 26.5 Å². The van der Waals surface area contributed by atoms with E-state index in [1.807, 2.05) is 0 Å². The number of hydrogen-bond donors (Lipinski definition) is 2. The molecule has 5 nitrogen and oxygen atoms in total. The van der Waals surface area contributed by atoms with Gasteiger partial charge < -0.3 is 5.11 Å². The number of carboxylic acid groups (broad SMARTS) is 1. The molecule has 1 atom stereocenters. The van der Waals surface area contributed by atoms with Crippen molar-refractivity contribution in [3.63, 3.8) is 0 Å². The van der Waals surface area contributed by atoms with Gasteiger partial charge in [-0.3, -0.25) is 4.72 Å². The normalized spacial score (nSPS) is 12.9. The van der Waals surface area contributed by atoms with Crippen LogP contribution >= 0.6 is 11.3 Å². The van der Waals surface area contributed by atoms with Crippen LogP contribution in [0.4, 0.5) is 5.13 Å². The highest BCUT2D eigenvalue weighted by Gasteiger charge is 2.00. The Kier molecular flexibility index (Phi) is 3.78. The number of rotatable bonds is 4. The first kappa shape index (κ1) is 10.9. The Morgan fingerprint density at radius 2 is 2.50 bits per heavy atom. The van der Waals surface area contributed by atoms with Gasteiger partial charge in [0.1, 0.15) is 11.0 Å². The minimum absolute atomic E-state index is 0.510. The van der Waals surface area contributed by atoms with E-state index in [0.717, 1.165) is 6.08 Å². The molecule has 1 rings (SSSR count). The third-order valence-corrected chi connectivity index (χ3v) is 2.63. The summed E-state index contributed by atoms with van der Waals surface area (Å²) in [6.45, 7) is 0. The summed E-state index contributed by atoms with van der Waals surface area (Å²) in [7, 11) is -1.16. The average molecular weight is 232 g/mol. The molecule has 0 aliphatic rings. The summed E-state index contributed by atoms with van der Waals surface area (Å²) >= 11 is 1.24. The second kappa shape index (κ2) is 4.87. The molecule has 2 N–H and O–H groups in total. The molecule has 0 fully saturated rings. The molecule has 7 heteroatoms. The van der Waals surface area contributed by atoms with Gasteiger partial charge in [0.2, 0.25) is 0 Å². The van der Waals surface area contributed by atoms with E-state index in [2.05, 4.69) is 9.71 Å². The molecule has 0 saturated carbocycles. The van der Waals surface area contributed by atoms with Gasteiger partial charge in [-0.05, 0) is 6.08 Å². The first-order chi connectivity index (χ1) is 6.58. The molecule has 1 aromatic rings. The Balaban J connectivity index is 2.68. The Morgan fingerprint density at radius 1 is 1.79 bits per heavy atom. The van der Waals surface area contributed by atoms with Gasteiger partial charge in [-0.2, -0.15) is 0 Å². The van der Waals surface area contributed by atoms with Gasteiger partial charge in [-0.15, -0.1) is 0 Å². The van der Waals surface area contributed by atoms with E-state index in [9.17, 15) is 9.00 Å². The summed E-state index contributed by atoms with van der Waals surface area (Å²) in [4.78, 5) is 14.8. The SMILES string of the molecule is CS(=O)Nc1ncc(/C=C/C(=O)O)s1. The smallest absolute Gasteiger partial charge is 0.328 e. The molecule has 0 aromatic carbocycles. The van der Waals surface area contributed by atoms with E-state index in [-0.39, 0.29) is 0 Å². The zero-order chi connectivity index (χ0) is 10.6. The van der Waals surface area contributed by atoms with Crippen LogP contribution in [0.5, 0.6) is 0 Å². The monoisotopic (exact) mass is 232 g/mol. The fraction of sp³-hybridized carbons (Fsp3) is 0.143. The number of thiazole rings is 1. The Morgan fingerprint density at radius 3 is 3.07 bits per heavy atom. The van der Waals surface area contributed by atoms with Crippen molar-refractivity contribution in [1.82, 2.24) is 4.98 Å². The predicted molar refractivity (Wildman–Crippen MR) is 56.5 cm³/mol. The minimum atomic E-state index is -1.16. The van der Waals surface area contributed by atoms with E-state index in [1.165, 1.54) is 29.9 Å². The number of carboxylic acids is 1. The first-order valence-corrected chi connectivity index (χ1v) is 5.92. The van der Waals surface area contributed by atoms with Gasteiger partial charge >= 0.3 is 5.97 Å². The lowest BCUT2D eigenvalue weighted by Crippen LogP contribution is -1.99. The van der Waals surface area contributed by atoms with E-state index >= 15 is 0 Å². The van der Waals surface area contributed by atoms with Crippen LogP contribution in [0.2, 0.25) is 0 Å². The van der Waals surface area contributed by atoms with E-state index in [4.69, 9.17) is 5.11 Å². The second-order valence-corrected chi connectivity index (χ2v) is 4.47. The molecular weight excluding hydrogens is 224 g/mol. The van der Waals surface area contributed by atoms with Crippen LogP contribution < -0.4 is 4.72 Å². The molecule has 1 unspecified atom stereocenters. The Labute approximate surface area is 87.1 Å². The lowest BCUT2D eigenvalue weighted by molar-refractivity contribution is -0.131. The Bertz CT molecular complexity index is 386. The molecule has 76 valence electrons. The zero-order valence-corrected chi connectivity index (χ0v) is 8.89. The van der Waals surface area contributed by atoms with Crippen molar-refractivity contribution in [2.45, 2.75) is 0 Å². The number of aromatic nitrogens is 1. The number of anilines is 1. The van der Waals surface area contributed by atoms with Crippen LogP contribution in [0.3, 0.4) is 0 Å². The van der Waals surface area contributed by atoms with E-state index < -0.39 is 17.0 Å². The maximum absolute atomic E-state index is 10.7. The highest BCUT2D eigenvalue weighted by Crippen LogP contribution is 2.19. The largest absolute Gasteiger partial charge is 0.478 e. The van der Waals surface area contributed by atoms with Crippen LogP contribution in [-0.2, 0) is 15.8 Å². The maximum Gasteiger partial charge on any atom is 0.328 e. The average Bonchev–Trinajstić information content (AvgIpc) is 2.47. The highest BCUT2D eigenvalue weighted by atomic mass is 32.2. The van der Waals surface area contributed by atoms with Crippen molar-refractivity contribution >= 4 is 39.5 Å². The van der Waals surface area contributed by atoms with Crippen LogP contribution in [0.15, 0.2) is 12.3 Å². The summed E-state index contributed by atoms with van der Waals surface area (Å²) in [5, 5.41) is 8.87. The van der Waals surface area contributed by atoms with E-state index in [0.29, 0.717) is 10.0 Å². The summed E-state index contributed by atoms with van der Waals surface area (Å²) in [6.07, 6.45) is 5.47.